The van der Waals surface area contributed by atoms with Gasteiger partial charge in [-0.15, -0.1) is 22.7 Å². The molecule has 6 aromatic rings. The Morgan fingerprint density at radius 2 is 1.47 bits per heavy atom. The van der Waals surface area contributed by atoms with Crippen molar-refractivity contribution in [3.63, 3.8) is 0 Å². The number of thiophene rings is 2. The van der Waals surface area contributed by atoms with E-state index in [0.29, 0.717) is 6.42 Å². The highest BCUT2D eigenvalue weighted by atomic mass is 79.9. The summed E-state index contributed by atoms with van der Waals surface area (Å²) < 4.78 is 5.30. The molecule has 36 heavy (non-hydrogen) atoms. The van der Waals surface area contributed by atoms with E-state index in [4.69, 9.17) is 5.11 Å². The maximum absolute atomic E-state index is 8.77. The Morgan fingerprint density at radius 3 is 2.03 bits per heavy atom. The summed E-state index contributed by atoms with van der Waals surface area (Å²) in [6.07, 6.45) is 4.20. The van der Waals surface area contributed by atoms with E-state index < -0.39 is 0 Å². The number of aromatic nitrogens is 6. The summed E-state index contributed by atoms with van der Waals surface area (Å²) >= 11 is 6.76. The molecule has 0 aromatic carbocycles. The number of imidazole rings is 2. The number of aliphatic hydroxyl groups is 1. The molecule has 0 bridgehead atoms. The Kier molecular flexibility index (Phi) is 6.81. The molecule has 0 aliphatic rings. The number of aliphatic hydroxyl groups excluding tert-OH is 1. The van der Waals surface area contributed by atoms with E-state index in [0.717, 1.165) is 63.7 Å². The molecule has 9 nitrogen and oxygen atoms in total. The van der Waals surface area contributed by atoms with Crippen molar-refractivity contribution >= 4 is 82.2 Å². The predicted octanol–water partition coefficient (Wildman–Crippen LogP) is 5.08. The first-order chi connectivity index (χ1) is 17.4. The zero-order valence-electron chi connectivity index (χ0n) is 20.0. The Bertz CT molecular complexity index is 1790. The second kappa shape index (κ2) is 10.0. The first kappa shape index (κ1) is 24.5. The molecule has 0 spiro atoms. The summed E-state index contributed by atoms with van der Waals surface area (Å²) in [5.74, 6) is 7.58. The van der Waals surface area contributed by atoms with Crippen molar-refractivity contribution in [2.75, 3.05) is 31.3 Å². The van der Waals surface area contributed by atoms with Gasteiger partial charge < -0.3 is 15.7 Å². The van der Waals surface area contributed by atoms with E-state index in [-0.39, 0.29) is 6.61 Å². The second-order valence-corrected chi connectivity index (χ2v) is 11.3. The summed E-state index contributed by atoms with van der Waals surface area (Å²) in [4.78, 5) is 21.0. The molecule has 0 saturated heterocycles. The summed E-state index contributed by atoms with van der Waals surface area (Å²) in [5, 5.41) is 14.9. The SMILES string of the molecule is CNc1nc2cc(Br)sc2n2c(C)cnc12.CNc1nc2cc(C#CCCO)sc2n2c(C)cnc12. The Balaban J connectivity index is 0.000000152. The molecule has 0 aliphatic heterocycles. The first-order valence-corrected chi connectivity index (χ1v) is 13.5. The molecule has 6 rings (SSSR count). The van der Waals surface area contributed by atoms with Crippen molar-refractivity contribution in [1.82, 2.24) is 28.7 Å². The van der Waals surface area contributed by atoms with Gasteiger partial charge in [-0.2, -0.15) is 0 Å². The van der Waals surface area contributed by atoms with Gasteiger partial charge in [-0.3, -0.25) is 8.80 Å². The van der Waals surface area contributed by atoms with Gasteiger partial charge in [0.2, 0.25) is 0 Å². The van der Waals surface area contributed by atoms with Gasteiger partial charge in [0.15, 0.2) is 22.9 Å². The van der Waals surface area contributed by atoms with Gasteiger partial charge in [0.05, 0.1) is 15.3 Å². The highest BCUT2D eigenvalue weighted by Crippen LogP contribution is 2.32. The molecule has 0 atom stereocenters. The Labute approximate surface area is 223 Å². The van der Waals surface area contributed by atoms with Crippen LogP contribution in [0.15, 0.2) is 28.3 Å². The minimum Gasteiger partial charge on any atom is -0.395 e. The van der Waals surface area contributed by atoms with Gasteiger partial charge in [-0.1, -0.05) is 11.8 Å². The van der Waals surface area contributed by atoms with Crippen LogP contribution in [0.4, 0.5) is 11.6 Å². The third kappa shape index (κ3) is 4.28. The van der Waals surface area contributed by atoms with E-state index in [1.54, 1.807) is 22.7 Å². The molecule has 12 heteroatoms. The number of hydrogen-bond donors (Lipinski definition) is 3. The summed E-state index contributed by atoms with van der Waals surface area (Å²) in [7, 11) is 3.70. The highest BCUT2D eigenvalue weighted by molar-refractivity contribution is 9.11. The lowest BCUT2D eigenvalue weighted by Gasteiger charge is -2.04. The van der Waals surface area contributed by atoms with E-state index in [1.165, 1.54) is 0 Å². The first-order valence-electron chi connectivity index (χ1n) is 11.1. The van der Waals surface area contributed by atoms with Crippen molar-refractivity contribution in [3.05, 3.63) is 44.6 Å². The second-order valence-electron chi connectivity index (χ2n) is 7.86. The van der Waals surface area contributed by atoms with E-state index >= 15 is 0 Å². The van der Waals surface area contributed by atoms with Crippen LogP contribution in [0.25, 0.3) is 32.0 Å². The molecule has 0 unspecified atom stereocenters. The number of rotatable bonds is 3. The van der Waals surface area contributed by atoms with Crippen LogP contribution in [0.5, 0.6) is 0 Å². The maximum atomic E-state index is 8.77. The van der Waals surface area contributed by atoms with Gasteiger partial charge in [0.1, 0.15) is 20.7 Å². The van der Waals surface area contributed by atoms with Crippen LogP contribution in [0, 0.1) is 25.7 Å². The third-order valence-corrected chi connectivity index (χ3v) is 8.09. The van der Waals surface area contributed by atoms with E-state index in [2.05, 4.69) is 67.1 Å². The van der Waals surface area contributed by atoms with Crippen molar-refractivity contribution < 1.29 is 5.11 Å². The van der Waals surface area contributed by atoms with Crippen LogP contribution in [0.1, 0.15) is 22.7 Å². The van der Waals surface area contributed by atoms with Gasteiger partial charge in [-0.05, 0) is 41.9 Å². The third-order valence-electron chi connectivity index (χ3n) is 5.45. The largest absolute Gasteiger partial charge is 0.395 e. The number of fused-ring (bicyclic) bond motifs is 6. The molecule has 0 amide bonds. The van der Waals surface area contributed by atoms with Crippen LogP contribution >= 0.6 is 38.6 Å². The van der Waals surface area contributed by atoms with Crippen LogP contribution in [0.2, 0.25) is 0 Å². The number of aryl methyl sites for hydroxylation is 2. The fourth-order valence-electron chi connectivity index (χ4n) is 3.86. The normalized spacial score (nSPS) is 11.1. The van der Waals surface area contributed by atoms with Crippen LogP contribution in [-0.4, -0.2) is 54.5 Å². The molecule has 0 saturated carbocycles. The lowest BCUT2D eigenvalue weighted by molar-refractivity contribution is 0.305. The standard InChI is InChI=1S/C14H14N4OS.C10H9BrN4S/c1-9-8-16-13-12(15-2)17-11-7-10(5-3-4-6-19)20-14(11)18(9)13;1-5-4-13-9-8(12-2)14-6-3-7(11)16-10(6)15(5)9/h7-8,19H,4,6H2,1-2H3,(H,15,17);3-4H,1-2H3,(H,12,14). The Hall–Kier alpha value is -3.24. The highest BCUT2D eigenvalue weighted by Gasteiger charge is 2.14. The average Bonchev–Trinajstić information content (AvgIpc) is 3.63. The number of hydrogen-bond acceptors (Lipinski definition) is 9. The van der Waals surface area contributed by atoms with Gasteiger partial charge in [0.25, 0.3) is 0 Å². The molecule has 3 N–H and O–H groups in total. The lowest BCUT2D eigenvalue weighted by atomic mass is 10.4. The van der Waals surface area contributed by atoms with Crippen LogP contribution < -0.4 is 10.6 Å². The molecule has 0 radical (unpaired) electrons. The number of anilines is 2. The van der Waals surface area contributed by atoms with Gasteiger partial charge in [0, 0.05) is 44.3 Å². The molecular formula is C24H23BrN8OS2. The molecule has 6 aromatic heterocycles. The van der Waals surface area contributed by atoms with Gasteiger partial charge in [-0.25, -0.2) is 19.9 Å². The molecule has 184 valence electrons. The number of nitrogens with one attached hydrogen (secondary N) is 2. The smallest absolute Gasteiger partial charge is 0.181 e. The topological polar surface area (TPSA) is 105 Å². The van der Waals surface area contributed by atoms with E-state index in [9.17, 15) is 0 Å². The number of halogens is 1. The minimum absolute atomic E-state index is 0.0882. The molecule has 6 heterocycles. The summed E-state index contributed by atoms with van der Waals surface area (Å²) in [6, 6.07) is 4.00. The maximum Gasteiger partial charge on any atom is 0.181 e. The zero-order valence-corrected chi connectivity index (χ0v) is 23.3. The van der Waals surface area contributed by atoms with Crippen molar-refractivity contribution in [1.29, 1.82) is 0 Å². The molecule has 0 aliphatic carbocycles. The summed E-state index contributed by atoms with van der Waals surface area (Å²) in [6.45, 7) is 4.16. The summed E-state index contributed by atoms with van der Waals surface area (Å²) in [5.41, 5.74) is 5.78. The predicted molar refractivity (Wildman–Crippen MR) is 152 cm³/mol. The average molecular weight is 584 g/mol. The fraction of sp³-hybridized carbons (Fsp3) is 0.250. The zero-order chi connectivity index (χ0) is 25.4. The van der Waals surface area contributed by atoms with Gasteiger partial charge >= 0.3 is 0 Å². The minimum atomic E-state index is 0.0882. The monoisotopic (exact) mass is 582 g/mol. The quantitative estimate of drug-likeness (QED) is 0.250. The van der Waals surface area contributed by atoms with Crippen molar-refractivity contribution in [3.8, 4) is 11.8 Å². The van der Waals surface area contributed by atoms with Crippen molar-refractivity contribution in [2.45, 2.75) is 20.3 Å². The van der Waals surface area contributed by atoms with E-state index in [1.807, 2.05) is 52.5 Å². The molecule has 0 fully saturated rings. The van der Waals surface area contributed by atoms with Crippen LogP contribution in [0.3, 0.4) is 0 Å². The fourth-order valence-corrected chi connectivity index (χ4v) is 6.46. The van der Waals surface area contributed by atoms with Crippen LogP contribution in [-0.2, 0) is 0 Å². The lowest BCUT2D eigenvalue weighted by Crippen LogP contribution is -1.98. The Morgan fingerprint density at radius 1 is 0.917 bits per heavy atom. The number of nitrogens with zero attached hydrogens (tertiary/aromatic N) is 6. The molecular weight excluding hydrogens is 560 g/mol. The van der Waals surface area contributed by atoms with Crippen molar-refractivity contribution in [2.24, 2.45) is 0 Å².